The molecule has 13 heavy (non-hydrogen) atoms. The Balaban J connectivity index is 2.78. The molecule has 3 heteroatoms. The molecule has 1 aliphatic rings. The molecule has 0 aromatic heterocycles. The summed E-state index contributed by atoms with van der Waals surface area (Å²) in [5.74, 6) is 0. The van der Waals surface area contributed by atoms with Crippen LogP contribution in [0.3, 0.4) is 0 Å². The van der Waals surface area contributed by atoms with E-state index in [-0.39, 0.29) is 5.41 Å². The van der Waals surface area contributed by atoms with E-state index in [4.69, 9.17) is 5.73 Å². The smallest absolute Gasteiger partial charge is 0.0851 e. The average Bonchev–Trinajstić information content (AvgIpc) is 2.46. The molecule has 0 saturated carbocycles. The second kappa shape index (κ2) is 3.56. The second-order valence-electron chi connectivity index (χ2n) is 4.64. The van der Waals surface area contributed by atoms with E-state index < -0.39 is 5.60 Å². The van der Waals surface area contributed by atoms with Gasteiger partial charge in [-0.05, 0) is 19.9 Å². The normalized spacial score (nSPS) is 34.8. The third kappa shape index (κ3) is 1.73. The van der Waals surface area contributed by atoms with E-state index in [1.54, 1.807) is 0 Å². The molecule has 0 bridgehead atoms. The van der Waals surface area contributed by atoms with Crippen LogP contribution in [0.2, 0.25) is 0 Å². The molecule has 1 heterocycles. The van der Waals surface area contributed by atoms with Crippen LogP contribution in [0, 0.1) is 5.41 Å². The summed E-state index contributed by atoms with van der Waals surface area (Å²) in [7, 11) is 2.05. The first-order valence-electron chi connectivity index (χ1n) is 5.08. The largest absolute Gasteiger partial charge is 0.388 e. The van der Waals surface area contributed by atoms with Gasteiger partial charge in [-0.15, -0.1) is 0 Å². The van der Waals surface area contributed by atoms with Crippen LogP contribution in [0.25, 0.3) is 0 Å². The van der Waals surface area contributed by atoms with Gasteiger partial charge in [-0.1, -0.05) is 13.8 Å². The third-order valence-electron chi connectivity index (χ3n) is 3.79. The molecule has 3 N–H and O–H groups in total. The van der Waals surface area contributed by atoms with Crippen molar-refractivity contribution in [2.75, 3.05) is 26.7 Å². The minimum absolute atomic E-state index is 0.127. The van der Waals surface area contributed by atoms with E-state index >= 15 is 0 Å². The molecular weight excluding hydrogens is 164 g/mol. The fourth-order valence-corrected chi connectivity index (χ4v) is 2.14. The van der Waals surface area contributed by atoms with Gasteiger partial charge < -0.3 is 15.7 Å². The van der Waals surface area contributed by atoms with Gasteiger partial charge in [-0.25, -0.2) is 0 Å². The highest BCUT2D eigenvalue weighted by atomic mass is 16.3. The molecule has 0 aromatic rings. The molecule has 2 unspecified atom stereocenters. The maximum atomic E-state index is 10.5. The molecular formula is C10H22N2O. The van der Waals surface area contributed by atoms with Crippen LogP contribution in [-0.4, -0.2) is 42.3 Å². The Labute approximate surface area is 80.9 Å². The van der Waals surface area contributed by atoms with Crippen LogP contribution in [0.1, 0.15) is 26.7 Å². The first kappa shape index (κ1) is 11.0. The van der Waals surface area contributed by atoms with Crippen LogP contribution < -0.4 is 5.73 Å². The van der Waals surface area contributed by atoms with Gasteiger partial charge in [0, 0.05) is 25.0 Å². The highest BCUT2D eigenvalue weighted by Crippen LogP contribution is 2.39. The summed E-state index contributed by atoms with van der Waals surface area (Å²) in [6, 6.07) is 0. The van der Waals surface area contributed by atoms with Gasteiger partial charge in [0.1, 0.15) is 0 Å². The van der Waals surface area contributed by atoms with Crippen LogP contribution in [0.15, 0.2) is 0 Å². The summed E-state index contributed by atoms with van der Waals surface area (Å²) >= 11 is 0. The van der Waals surface area contributed by atoms with Crippen LogP contribution in [0.4, 0.5) is 0 Å². The van der Waals surface area contributed by atoms with Gasteiger partial charge in [0.25, 0.3) is 0 Å². The standard InChI is InChI=1S/C10H22N2O/c1-4-9(2,7-11)10(13)5-6-12(3)8-10/h13H,4-8,11H2,1-3H3. The Morgan fingerprint density at radius 1 is 1.62 bits per heavy atom. The zero-order valence-electron chi connectivity index (χ0n) is 9.01. The molecule has 78 valence electrons. The van der Waals surface area contributed by atoms with Crippen molar-refractivity contribution in [2.45, 2.75) is 32.3 Å². The van der Waals surface area contributed by atoms with Crippen molar-refractivity contribution in [3.05, 3.63) is 0 Å². The third-order valence-corrected chi connectivity index (χ3v) is 3.79. The van der Waals surface area contributed by atoms with Gasteiger partial charge in [0.2, 0.25) is 0 Å². The molecule has 1 aliphatic heterocycles. The summed E-state index contributed by atoms with van der Waals surface area (Å²) in [6.45, 7) is 6.49. The highest BCUT2D eigenvalue weighted by Gasteiger charge is 2.48. The Hall–Kier alpha value is -0.120. The summed E-state index contributed by atoms with van der Waals surface area (Å²) in [6.07, 6.45) is 1.79. The monoisotopic (exact) mass is 186 g/mol. The lowest BCUT2D eigenvalue weighted by molar-refractivity contribution is -0.0629. The number of nitrogens with two attached hydrogens (primary N) is 1. The molecule has 1 rings (SSSR count). The van der Waals surface area contributed by atoms with Crippen molar-refractivity contribution >= 4 is 0 Å². The quantitative estimate of drug-likeness (QED) is 0.672. The molecule has 2 atom stereocenters. The number of nitrogens with zero attached hydrogens (tertiary/aromatic N) is 1. The number of aliphatic hydroxyl groups is 1. The zero-order chi connectivity index (χ0) is 10.1. The van der Waals surface area contributed by atoms with Gasteiger partial charge in [0.05, 0.1) is 5.60 Å². The number of likely N-dealkylation sites (N-methyl/N-ethyl adjacent to an activating group) is 1. The lowest BCUT2D eigenvalue weighted by Gasteiger charge is -2.41. The summed E-state index contributed by atoms with van der Waals surface area (Å²) in [4.78, 5) is 2.17. The van der Waals surface area contributed by atoms with Gasteiger partial charge >= 0.3 is 0 Å². The zero-order valence-corrected chi connectivity index (χ0v) is 9.01. The van der Waals surface area contributed by atoms with Crippen molar-refractivity contribution in [3.8, 4) is 0 Å². The van der Waals surface area contributed by atoms with E-state index in [9.17, 15) is 5.11 Å². The van der Waals surface area contributed by atoms with Crippen molar-refractivity contribution < 1.29 is 5.11 Å². The van der Waals surface area contributed by atoms with Crippen LogP contribution in [0.5, 0.6) is 0 Å². The number of β-amino-alcohol motifs (C(OH)–C–C–N with tert-alkyl or cyclic N) is 1. The van der Waals surface area contributed by atoms with Crippen LogP contribution >= 0.6 is 0 Å². The fourth-order valence-electron chi connectivity index (χ4n) is 2.14. The Morgan fingerprint density at radius 3 is 2.54 bits per heavy atom. The lowest BCUT2D eigenvalue weighted by atomic mass is 9.71. The SMILES string of the molecule is CCC(C)(CN)C1(O)CCN(C)C1. The summed E-state index contributed by atoms with van der Waals surface area (Å²) < 4.78 is 0. The first-order chi connectivity index (χ1) is 5.97. The molecule has 3 nitrogen and oxygen atoms in total. The van der Waals surface area contributed by atoms with E-state index in [0.717, 1.165) is 25.9 Å². The average molecular weight is 186 g/mol. The van der Waals surface area contributed by atoms with E-state index in [2.05, 4.69) is 18.7 Å². The van der Waals surface area contributed by atoms with Gasteiger partial charge in [0.15, 0.2) is 0 Å². The molecule has 0 spiro atoms. The van der Waals surface area contributed by atoms with Crippen molar-refractivity contribution in [1.82, 2.24) is 4.90 Å². The topological polar surface area (TPSA) is 49.5 Å². The maximum Gasteiger partial charge on any atom is 0.0851 e. The van der Waals surface area contributed by atoms with Gasteiger partial charge in [-0.2, -0.15) is 0 Å². The molecule has 0 aliphatic carbocycles. The molecule has 1 saturated heterocycles. The number of rotatable bonds is 3. The van der Waals surface area contributed by atoms with Gasteiger partial charge in [-0.3, -0.25) is 0 Å². The minimum Gasteiger partial charge on any atom is -0.388 e. The highest BCUT2D eigenvalue weighted by molar-refractivity contribution is 5.01. The van der Waals surface area contributed by atoms with E-state index in [1.807, 2.05) is 7.05 Å². The summed E-state index contributed by atoms with van der Waals surface area (Å²) in [5.41, 5.74) is 5.04. The minimum atomic E-state index is -0.578. The molecule has 0 radical (unpaired) electrons. The first-order valence-corrected chi connectivity index (χ1v) is 5.08. The predicted molar refractivity (Wildman–Crippen MR) is 54.5 cm³/mol. The number of hydrogen-bond acceptors (Lipinski definition) is 3. The van der Waals surface area contributed by atoms with E-state index in [0.29, 0.717) is 6.54 Å². The number of hydrogen-bond donors (Lipinski definition) is 2. The van der Waals surface area contributed by atoms with Crippen molar-refractivity contribution in [3.63, 3.8) is 0 Å². The Morgan fingerprint density at radius 2 is 2.23 bits per heavy atom. The van der Waals surface area contributed by atoms with Crippen molar-refractivity contribution in [1.29, 1.82) is 0 Å². The lowest BCUT2D eigenvalue weighted by Crippen LogP contribution is -2.52. The summed E-state index contributed by atoms with van der Waals surface area (Å²) in [5, 5.41) is 10.5. The molecule has 0 amide bonds. The number of likely N-dealkylation sites (tertiary alicyclic amines) is 1. The maximum absolute atomic E-state index is 10.5. The van der Waals surface area contributed by atoms with Crippen LogP contribution in [-0.2, 0) is 0 Å². The van der Waals surface area contributed by atoms with E-state index in [1.165, 1.54) is 0 Å². The Bertz CT molecular complexity index is 180. The van der Waals surface area contributed by atoms with Crippen molar-refractivity contribution in [2.24, 2.45) is 11.1 Å². The fraction of sp³-hybridized carbons (Fsp3) is 1.00. The second-order valence-corrected chi connectivity index (χ2v) is 4.64. The molecule has 0 aromatic carbocycles. The molecule has 1 fully saturated rings. The Kier molecular flexibility index (Phi) is 3.00. The predicted octanol–water partition coefficient (Wildman–Crippen LogP) is 0.428.